The zero-order valence-corrected chi connectivity index (χ0v) is 18.2. The molecule has 1 N–H and O–H groups in total. The quantitative estimate of drug-likeness (QED) is 0.324. The van der Waals surface area contributed by atoms with Crippen molar-refractivity contribution < 1.29 is 27.8 Å². The lowest BCUT2D eigenvalue weighted by Gasteiger charge is -2.12. The third-order valence-electron chi connectivity index (χ3n) is 6.07. The maximum absolute atomic E-state index is 13.2. The molecular weight excluding hydrogens is 443 g/mol. The Kier molecular flexibility index (Phi) is 5.55. The molecule has 34 heavy (non-hydrogen) atoms. The van der Waals surface area contributed by atoms with E-state index in [0.29, 0.717) is 45.9 Å². The van der Waals surface area contributed by atoms with Gasteiger partial charge >= 0.3 is 12.1 Å². The summed E-state index contributed by atoms with van der Waals surface area (Å²) >= 11 is 0. The lowest BCUT2D eigenvalue weighted by atomic mass is 10.0. The Morgan fingerprint density at radius 3 is 2.50 bits per heavy atom. The van der Waals surface area contributed by atoms with E-state index in [0.717, 1.165) is 25.0 Å². The molecule has 0 bridgehead atoms. The first-order valence-corrected chi connectivity index (χ1v) is 11.0. The molecule has 0 aliphatic heterocycles. The minimum atomic E-state index is -4.48. The zero-order valence-electron chi connectivity index (χ0n) is 18.2. The molecule has 1 saturated carbocycles. The smallest absolute Gasteiger partial charge is 0.416 e. The van der Waals surface area contributed by atoms with Gasteiger partial charge in [0, 0.05) is 23.0 Å². The number of carboxylic acids is 1. The van der Waals surface area contributed by atoms with Crippen molar-refractivity contribution in [3.8, 4) is 16.9 Å². The number of aromatic carboxylic acids is 1. The zero-order chi connectivity index (χ0) is 23.9. The number of fused-ring (bicyclic) bond motifs is 1. The number of para-hydroxylation sites is 1. The SMILES string of the molecule is O=C(O)c1c(-c2cccc(OCC3CC3)c2)c2ccccc2n1Cc1cccc(C(F)(F)F)c1. The lowest BCUT2D eigenvalue weighted by Crippen LogP contribution is -2.12. The van der Waals surface area contributed by atoms with Gasteiger partial charge in [0.2, 0.25) is 0 Å². The van der Waals surface area contributed by atoms with E-state index in [-0.39, 0.29) is 12.2 Å². The second kappa shape index (κ2) is 8.56. The van der Waals surface area contributed by atoms with Gasteiger partial charge in [0.15, 0.2) is 0 Å². The Bertz CT molecular complexity index is 1370. The van der Waals surface area contributed by atoms with Gasteiger partial charge in [0.25, 0.3) is 0 Å². The van der Waals surface area contributed by atoms with E-state index in [9.17, 15) is 23.1 Å². The summed E-state index contributed by atoms with van der Waals surface area (Å²) in [5.74, 6) is 0.0885. The third-order valence-corrected chi connectivity index (χ3v) is 6.07. The van der Waals surface area contributed by atoms with Gasteiger partial charge in [-0.25, -0.2) is 4.79 Å². The monoisotopic (exact) mass is 465 g/mol. The van der Waals surface area contributed by atoms with Crippen LogP contribution in [0.15, 0.2) is 72.8 Å². The fourth-order valence-corrected chi connectivity index (χ4v) is 4.25. The Hall–Kier alpha value is -3.74. The largest absolute Gasteiger partial charge is 0.493 e. The summed E-state index contributed by atoms with van der Waals surface area (Å²) < 4.78 is 47.2. The summed E-state index contributed by atoms with van der Waals surface area (Å²) in [6, 6.07) is 19.5. The molecule has 4 nitrogen and oxygen atoms in total. The van der Waals surface area contributed by atoms with E-state index < -0.39 is 17.7 Å². The number of benzene rings is 3. The van der Waals surface area contributed by atoms with Crippen LogP contribution in [0.5, 0.6) is 5.75 Å². The number of aromatic nitrogens is 1. The Morgan fingerprint density at radius 1 is 1.00 bits per heavy atom. The molecule has 1 aliphatic rings. The summed E-state index contributed by atoms with van der Waals surface area (Å²) in [4.78, 5) is 12.5. The lowest BCUT2D eigenvalue weighted by molar-refractivity contribution is -0.137. The molecule has 3 aromatic carbocycles. The van der Waals surface area contributed by atoms with E-state index in [4.69, 9.17) is 4.74 Å². The second-order valence-electron chi connectivity index (χ2n) is 8.61. The molecule has 0 radical (unpaired) electrons. The van der Waals surface area contributed by atoms with Crippen molar-refractivity contribution in [3.63, 3.8) is 0 Å². The molecule has 1 aliphatic carbocycles. The second-order valence-corrected chi connectivity index (χ2v) is 8.61. The van der Waals surface area contributed by atoms with Crippen molar-refractivity contribution in [1.82, 2.24) is 4.57 Å². The molecule has 4 aromatic rings. The molecular formula is C27H22F3NO3. The number of hydrogen-bond acceptors (Lipinski definition) is 2. The van der Waals surface area contributed by atoms with Crippen molar-refractivity contribution in [2.45, 2.75) is 25.6 Å². The molecule has 1 heterocycles. The first-order chi connectivity index (χ1) is 16.3. The number of alkyl halides is 3. The maximum atomic E-state index is 13.2. The minimum Gasteiger partial charge on any atom is -0.493 e. The van der Waals surface area contributed by atoms with E-state index in [1.54, 1.807) is 22.8 Å². The minimum absolute atomic E-state index is 0.00998. The number of carbonyl (C=O) groups is 1. The standard InChI is InChI=1S/C27H22F3NO3/c28-27(29,30)20-7-3-5-18(13-20)15-31-23-10-2-1-9-22(23)24(25(31)26(32)33)19-6-4-8-21(14-19)34-16-17-11-12-17/h1-10,13-14,17H,11-12,15-16H2,(H,32,33). The number of hydrogen-bond donors (Lipinski definition) is 1. The van der Waals surface area contributed by atoms with Gasteiger partial charge in [-0.2, -0.15) is 13.2 Å². The Labute approximate surface area is 194 Å². The number of ether oxygens (including phenoxy) is 1. The molecule has 5 rings (SSSR count). The highest BCUT2D eigenvalue weighted by Gasteiger charge is 2.31. The van der Waals surface area contributed by atoms with Crippen LogP contribution in [0.25, 0.3) is 22.0 Å². The third kappa shape index (κ3) is 4.38. The molecule has 0 atom stereocenters. The van der Waals surface area contributed by atoms with Crippen molar-refractivity contribution >= 4 is 16.9 Å². The fourth-order valence-electron chi connectivity index (χ4n) is 4.25. The average Bonchev–Trinajstić information content (AvgIpc) is 3.59. The maximum Gasteiger partial charge on any atom is 0.416 e. The Balaban J connectivity index is 1.63. The first-order valence-electron chi connectivity index (χ1n) is 11.0. The van der Waals surface area contributed by atoms with Crippen LogP contribution in [0.3, 0.4) is 0 Å². The molecule has 0 saturated heterocycles. The summed E-state index contributed by atoms with van der Waals surface area (Å²) in [7, 11) is 0. The molecule has 1 aromatic heterocycles. The van der Waals surface area contributed by atoms with Gasteiger partial charge in [-0.3, -0.25) is 0 Å². The highest BCUT2D eigenvalue weighted by Crippen LogP contribution is 2.38. The van der Waals surface area contributed by atoms with E-state index in [1.807, 2.05) is 36.4 Å². The van der Waals surface area contributed by atoms with Crippen LogP contribution in [-0.4, -0.2) is 22.2 Å². The van der Waals surface area contributed by atoms with Crippen LogP contribution in [0.1, 0.15) is 34.5 Å². The average molecular weight is 465 g/mol. The summed E-state index contributed by atoms with van der Waals surface area (Å²) in [5.41, 5.74) is 1.47. The summed E-state index contributed by atoms with van der Waals surface area (Å²) in [5, 5.41) is 10.9. The predicted octanol–water partition coefficient (Wildman–Crippen LogP) is 6.86. The Morgan fingerprint density at radius 2 is 1.76 bits per heavy atom. The van der Waals surface area contributed by atoms with Crippen LogP contribution in [0.2, 0.25) is 0 Å². The normalized spacial score (nSPS) is 13.9. The van der Waals surface area contributed by atoms with Crippen molar-refractivity contribution in [3.05, 3.63) is 89.6 Å². The molecule has 174 valence electrons. The molecule has 0 unspecified atom stereocenters. The van der Waals surface area contributed by atoms with Gasteiger partial charge in [-0.1, -0.05) is 42.5 Å². The van der Waals surface area contributed by atoms with Gasteiger partial charge in [-0.15, -0.1) is 0 Å². The van der Waals surface area contributed by atoms with Gasteiger partial charge in [0.05, 0.1) is 12.2 Å². The van der Waals surface area contributed by atoms with Crippen LogP contribution in [0.4, 0.5) is 13.2 Å². The number of rotatable bonds is 7. The first kappa shape index (κ1) is 22.1. The van der Waals surface area contributed by atoms with E-state index >= 15 is 0 Å². The van der Waals surface area contributed by atoms with Crippen LogP contribution >= 0.6 is 0 Å². The van der Waals surface area contributed by atoms with Crippen LogP contribution in [-0.2, 0) is 12.7 Å². The molecule has 7 heteroatoms. The topological polar surface area (TPSA) is 51.5 Å². The summed E-state index contributed by atoms with van der Waals surface area (Å²) in [6.07, 6.45) is -2.16. The van der Waals surface area contributed by atoms with Gasteiger partial charge in [-0.05, 0) is 60.2 Å². The van der Waals surface area contributed by atoms with Crippen LogP contribution < -0.4 is 4.74 Å². The fraction of sp³-hybridized carbons (Fsp3) is 0.222. The van der Waals surface area contributed by atoms with Gasteiger partial charge in [0.1, 0.15) is 11.4 Å². The summed E-state index contributed by atoms with van der Waals surface area (Å²) in [6.45, 7) is 0.622. The molecule has 1 fully saturated rings. The van der Waals surface area contributed by atoms with Crippen molar-refractivity contribution in [1.29, 1.82) is 0 Å². The molecule has 0 amide bonds. The number of nitrogens with zero attached hydrogens (tertiary/aromatic N) is 1. The van der Waals surface area contributed by atoms with Crippen molar-refractivity contribution in [2.24, 2.45) is 5.92 Å². The van der Waals surface area contributed by atoms with Crippen molar-refractivity contribution in [2.75, 3.05) is 6.61 Å². The highest BCUT2D eigenvalue weighted by atomic mass is 19.4. The number of halogens is 3. The van der Waals surface area contributed by atoms with E-state index in [2.05, 4.69) is 0 Å². The predicted molar refractivity (Wildman–Crippen MR) is 123 cm³/mol. The highest BCUT2D eigenvalue weighted by molar-refractivity contribution is 6.08. The van der Waals surface area contributed by atoms with Gasteiger partial charge < -0.3 is 14.4 Å². The van der Waals surface area contributed by atoms with E-state index in [1.165, 1.54) is 6.07 Å². The number of carboxylic acid groups (broad SMARTS) is 1. The molecule has 0 spiro atoms. The van der Waals surface area contributed by atoms with Crippen LogP contribution in [0, 0.1) is 5.92 Å².